The SMILES string of the molecule is O=C(N[C@H]1CCCN(C2CCCC2)C1)c1cccc(-c2ncc[nH]2)c1. The highest BCUT2D eigenvalue weighted by atomic mass is 16.1. The molecule has 5 nitrogen and oxygen atoms in total. The van der Waals surface area contributed by atoms with Gasteiger partial charge in [0.25, 0.3) is 5.91 Å². The molecule has 2 fully saturated rings. The minimum atomic E-state index is 0.0201. The van der Waals surface area contributed by atoms with Gasteiger partial charge >= 0.3 is 0 Å². The van der Waals surface area contributed by atoms with Crippen molar-refractivity contribution in [1.82, 2.24) is 20.2 Å². The van der Waals surface area contributed by atoms with E-state index in [1.165, 1.54) is 38.6 Å². The van der Waals surface area contributed by atoms with Gasteiger partial charge in [0, 0.05) is 42.1 Å². The highest BCUT2D eigenvalue weighted by Crippen LogP contribution is 2.26. The summed E-state index contributed by atoms with van der Waals surface area (Å²) >= 11 is 0. The Bertz CT molecular complexity index is 706. The van der Waals surface area contributed by atoms with E-state index in [9.17, 15) is 4.79 Å². The Labute approximate surface area is 148 Å². The quantitative estimate of drug-likeness (QED) is 0.900. The second kappa shape index (κ2) is 7.40. The van der Waals surface area contributed by atoms with Crippen LogP contribution in [0.2, 0.25) is 0 Å². The number of hydrogen-bond donors (Lipinski definition) is 2. The van der Waals surface area contributed by atoms with Gasteiger partial charge in [0.1, 0.15) is 5.82 Å². The van der Waals surface area contributed by atoms with E-state index in [-0.39, 0.29) is 11.9 Å². The molecule has 5 heteroatoms. The summed E-state index contributed by atoms with van der Waals surface area (Å²) in [5.41, 5.74) is 1.64. The topological polar surface area (TPSA) is 61.0 Å². The van der Waals surface area contributed by atoms with E-state index in [0.29, 0.717) is 5.56 Å². The summed E-state index contributed by atoms with van der Waals surface area (Å²) in [5.74, 6) is 0.811. The minimum absolute atomic E-state index is 0.0201. The number of nitrogens with zero attached hydrogens (tertiary/aromatic N) is 2. The summed E-state index contributed by atoms with van der Waals surface area (Å²) in [6, 6.07) is 8.66. The number of piperidine rings is 1. The summed E-state index contributed by atoms with van der Waals surface area (Å²) in [7, 11) is 0. The van der Waals surface area contributed by atoms with Gasteiger partial charge in [-0.25, -0.2) is 4.98 Å². The molecule has 2 heterocycles. The maximum atomic E-state index is 12.7. The zero-order chi connectivity index (χ0) is 17.1. The average Bonchev–Trinajstić information content (AvgIpc) is 3.36. The second-order valence-electron chi connectivity index (χ2n) is 7.26. The lowest BCUT2D eigenvalue weighted by Crippen LogP contribution is -2.50. The van der Waals surface area contributed by atoms with Crippen LogP contribution in [-0.2, 0) is 0 Å². The van der Waals surface area contributed by atoms with Gasteiger partial charge in [0.2, 0.25) is 0 Å². The van der Waals surface area contributed by atoms with Crippen molar-refractivity contribution in [3.8, 4) is 11.4 Å². The van der Waals surface area contributed by atoms with Crippen molar-refractivity contribution in [2.45, 2.75) is 50.6 Å². The van der Waals surface area contributed by atoms with Crippen molar-refractivity contribution in [3.63, 3.8) is 0 Å². The molecule has 0 unspecified atom stereocenters. The lowest BCUT2D eigenvalue weighted by Gasteiger charge is -2.37. The van der Waals surface area contributed by atoms with E-state index in [1.54, 1.807) is 12.4 Å². The first-order valence-corrected chi connectivity index (χ1v) is 9.44. The van der Waals surface area contributed by atoms with E-state index >= 15 is 0 Å². The van der Waals surface area contributed by atoms with Crippen molar-refractivity contribution in [2.24, 2.45) is 0 Å². The Morgan fingerprint density at radius 3 is 2.88 bits per heavy atom. The Morgan fingerprint density at radius 2 is 2.08 bits per heavy atom. The minimum Gasteiger partial charge on any atom is -0.348 e. The third-order valence-corrected chi connectivity index (χ3v) is 5.53. The van der Waals surface area contributed by atoms with Crippen LogP contribution >= 0.6 is 0 Å². The van der Waals surface area contributed by atoms with Crippen LogP contribution in [-0.4, -0.2) is 45.9 Å². The Balaban J connectivity index is 1.40. The monoisotopic (exact) mass is 338 g/mol. The molecule has 0 bridgehead atoms. The Morgan fingerprint density at radius 1 is 1.20 bits per heavy atom. The van der Waals surface area contributed by atoms with Gasteiger partial charge in [0.15, 0.2) is 0 Å². The number of H-pyrrole nitrogens is 1. The smallest absolute Gasteiger partial charge is 0.251 e. The van der Waals surface area contributed by atoms with Crippen LogP contribution in [0, 0.1) is 0 Å². The van der Waals surface area contributed by atoms with Gasteiger partial charge in [-0.15, -0.1) is 0 Å². The number of aromatic nitrogens is 2. The van der Waals surface area contributed by atoms with E-state index in [2.05, 4.69) is 20.2 Å². The van der Waals surface area contributed by atoms with E-state index in [1.807, 2.05) is 24.3 Å². The number of rotatable bonds is 4. The second-order valence-corrected chi connectivity index (χ2v) is 7.26. The molecule has 0 radical (unpaired) electrons. The molecule has 1 aliphatic heterocycles. The van der Waals surface area contributed by atoms with Crippen LogP contribution in [0.15, 0.2) is 36.7 Å². The zero-order valence-electron chi connectivity index (χ0n) is 14.6. The third-order valence-electron chi connectivity index (χ3n) is 5.53. The number of carbonyl (C=O) groups is 1. The molecule has 2 aliphatic rings. The normalized spacial score (nSPS) is 22.2. The van der Waals surface area contributed by atoms with Gasteiger partial charge in [-0.3, -0.25) is 9.69 Å². The lowest BCUT2D eigenvalue weighted by molar-refractivity contribution is 0.0875. The summed E-state index contributed by atoms with van der Waals surface area (Å²) in [6.45, 7) is 2.18. The summed E-state index contributed by atoms with van der Waals surface area (Å²) in [6.07, 6.45) is 11.1. The summed E-state index contributed by atoms with van der Waals surface area (Å²) in [5, 5.41) is 3.25. The van der Waals surface area contributed by atoms with E-state index in [4.69, 9.17) is 0 Å². The van der Waals surface area contributed by atoms with Crippen LogP contribution < -0.4 is 5.32 Å². The third kappa shape index (κ3) is 3.76. The molecule has 2 N–H and O–H groups in total. The molecular formula is C20H26N4O. The fourth-order valence-electron chi connectivity index (χ4n) is 4.22. The number of hydrogen-bond acceptors (Lipinski definition) is 3. The molecule has 1 aromatic heterocycles. The first kappa shape index (κ1) is 16.3. The number of imidazole rings is 1. The largest absolute Gasteiger partial charge is 0.348 e. The van der Waals surface area contributed by atoms with Gasteiger partial charge < -0.3 is 10.3 Å². The fraction of sp³-hybridized carbons (Fsp3) is 0.500. The van der Waals surface area contributed by atoms with E-state index < -0.39 is 0 Å². The van der Waals surface area contributed by atoms with Crippen molar-refractivity contribution < 1.29 is 4.79 Å². The number of carbonyl (C=O) groups excluding carboxylic acids is 1. The molecule has 1 atom stereocenters. The molecule has 1 saturated heterocycles. The number of nitrogens with one attached hydrogen (secondary N) is 2. The first-order chi connectivity index (χ1) is 12.3. The Hall–Kier alpha value is -2.14. The molecule has 4 rings (SSSR count). The van der Waals surface area contributed by atoms with Crippen LogP contribution in [0.1, 0.15) is 48.9 Å². The molecule has 1 aliphatic carbocycles. The number of benzene rings is 1. The first-order valence-electron chi connectivity index (χ1n) is 9.44. The van der Waals surface area contributed by atoms with Crippen molar-refractivity contribution in [2.75, 3.05) is 13.1 Å². The predicted octanol–water partition coefficient (Wildman–Crippen LogP) is 3.21. The van der Waals surface area contributed by atoms with Crippen molar-refractivity contribution in [3.05, 3.63) is 42.2 Å². The van der Waals surface area contributed by atoms with Gasteiger partial charge in [-0.2, -0.15) is 0 Å². The standard InChI is InChI=1S/C20H26N4O/c25-20(16-6-3-5-15(13-16)19-21-10-11-22-19)23-17-7-4-12-24(14-17)18-8-1-2-9-18/h3,5-6,10-11,13,17-18H,1-2,4,7-9,12,14H2,(H,21,22)(H,23,25)/t17-/m0/s1. The maximum Gasteiger partial charge on any atom is 0.251 e. The van der Waals surface area contributed by atoms with Gasteiger partial charge in [-0.1, -0.05) is 25.0 Å². The fourth-order valence-corrected chi connectivity index (χ4v) is 4.22. The highest BCUT2D eigenvalue weighted by molar-refractivity contribution is 5.95. The van der Waals surface area contributed by atoms with Crippen molar-refractivity contribution in [1.29, 1.82) is 0 Å². The number of likely N-dealkylation sites (tertiary alicyclic amines) is 1. The van der Waals surface area contributed by atoms with Crippen LogP contribution in [0.4, 0.5) is 0 Å². The van der Waals surface area contributed by atoms with Crippen molar-refractivity contribution >= 4 is 5.91 Å². The zero-order valence-corrected chi connectivity index (χ0v) is 14.6. The molecular weight excluding hydrogens is 312 g/mol. The van der Waals surface area contributed by atoms with Gasteiger partial charge in [0.05, 0.1) is 0 Å². The predicted molar refractivity (Wildman–Crippen MR) is 98.3 cm³/mol. The highest BCUT2D eigenvalue weighted by Gasteiger charge is 2.28. The average molecular weight is 338 g/mol. The van der Waals surface area contributed by atoms with E-state index in [0.717, 1.165) is 30.4 Å². The van der Waals surface area contributed by atoms with Crippen LogP contribution in [0.3, 0.4) is 0 Å². The van der Waals surface area contributed by atoms with Crippen LogP contribution in [0.25, 0.3) is 11.4 Å². The molecule has 1 saturated carbocycles. The van der Waals surface area contributed by atoms with Crippen LogP contribution in [0.5, 0.6) is 0 Å². The molecule has 25 heavy (non-hydrogen) atoms. The molecule has 1 amide bonds. The Kier molecular flexibility index (Phi) is 4.83. The lowest BCUT2D eigenvalue weighted by atomic mass is 10.0. The maximum absolute atomic E-state index is 12.7. The summed E-state index contributed by atoms with van der Waals surface area (Å²) in [4.78, 5) is 22.7. The molecule has 2 aromatic rings. The number of amides is 1. The molecule has 0 spiro atoms. The number of aromatic amines is 1. The van der Waals surface area contributed by atoms with Gasteiger partial charge in [-0.05, 0) is 44.4 Å². The summed E-state index contributed by atoms with van der Waals surface area (Å²) < 4.78 is 0. The molecule has 1 aromatic carbocycles. The molecule has 132 valence electrons.